The van der Waals surface area contributed by atoms with Crippen molar-refractivity contribution in [1.29, 1.82) is 0 Å². The van der Waals surface area contributed by atoms with Gasteiger partial charge in [0.25, 0.3) is 0 Å². The van der Waals surface area contributed by atoms with Crippen molar-refractivity contribution in [2.24, 2.45) is 22.2 Å². The summed E-state index contributed by atoms with van der Waals surface area (Å²) in [7, 11) is 0. The smallest absolute Gasteiger partial charge is 0.116 e. The topological polar surface area (TPSA) is 90.4 Å². The Morgan fingerprint density at radius 2 is 1.77 bits per heavy atom. The van der Waals surface area contributed by atoms with E-state index in [4.69, 9.17) is 17.2 Å². The third kappa shape index (κ3) is 2.50. The standard InChI is InChI=1S/C9H16N4/c1-6(10)13-8-5-3-2-4-7(8)9(11)12/h1-5,10-12H2/b13-8-. The van der Waals surface area contributed by atoms with Crippen molar-refractivity contribution in [3.8, 4) is 0 Å². The number of hydrogen-bond acceptors (Lipinski definition) is 4. The molecule has 0 spiro atoms. The van der Waals surface area contributed by atoms with Crippen molar-refractivity contribution in [3.05, 3.63) is 23.8 Å². The number of aliphatic imine (C=N–C) groups is 1. The Balaban J connectivity index is 2.93. The highest BCUT2D eigenvalue weighted by Gasteiger charge is 2.15. The Morgan fingerprint density at radius 3 is 2.31 bits per heavy atom. The van der Waals surface area contributed by atoms with Gasteiger partial charge in [-0.05, 0) is 25.7 Å². The van der Waals surface area contributed by atoms with Crippen LogP contribution in [0.5, 0.6) is 0 Å². The lowest BCUT2D eigenvalue weighted by Gasteiger charge is -2.17. The third-order valence-electron chi connectivity index (χ3n) is 2.07. The van der Waals surface area contributed by atoms with Crippen LogP contribution in [0.2, 0.25) is 0 Å². The Hall–Kier alpha value is -1.45. The summed E-state index contributed by atoms with van der Waals surface area (Å²) in [5.74, 6) is 0.676. The largest absolute Gasteiger partial charge is 0.385 e. The van der Waals surface area contributed by atoms with E-state index in [-0.39, 0.29) is 0 Å². The normalized spacial score (nSPS) is 20.3. The van der Waals surface area contributed by atoms with E-state index in [9.17, 15) is 0 Å². The van der Waals surface area contributed by atoms with Crippen LogP contribution in [-0.2, 0) is 0 Å². The maximum Gasteiger partial charge on any atom is 0.116 e. The maximum absolute atomic E-state index is 5.54. The van der Waals surface area contributed by atoms with Gasteiger partial charge in [-0.3, -0.25) is 0 Å². The molecule has 0 heterocycles. The van der Waals surface area contributed by atoms with E-state index in [1.165, 1.54) is 0 Å². The zero-order valence-electron chi connectivity index (χ0n) is 7.71. The summed E-state index contributed by atoms with van der Waals surface area (Å²) in [6.45, 7) is 3.53. The Labute approximate surface area is 78.2 Å². The minimum absolute atomic E-state index is 0.315. The molecule has 72 valence electrons. The molecule has 1 aliphatic carbocycles. The molecule has 0 bridgehead atoms. The summed E-state index contributed by atoms with van der Waals surface area (Å²) in [6.07, 6.45) is 4.02. The number of hydrogen-bond donors (Lipinski definition) is 3. The fourth-order valence-electron chi connectivity index (χ4n) is 1.50. The van der Waals surface area contributed by atoms with Crippen LogP contribution < -0.4 is 17.2 Å². The van der Waals surface area contributed by atoms with Crippen molar-refractivity contribution in [1.82, 2.24) is 0 Å². The van der Waals surface area contributed by atoms with Gasteiger partial charge in [-0.2, -0.15) is 0 Å². The summed E-state index contributed by atoms with van der Waals surface area (Å²) in [4.78, 5) is 4.12. The Kier molecular flexibility index (Phi) is 2.95. The molecule has 0 aromatic heterocycles. The predicted octanol–water partition coefficient (Wildman–Crippen LogP) is 0.560. The average molecular weight is 180 g/mol. The molecule has 0 aromatic carbocycles. The molecule has 4 heteroatoms. The summed E-state index contributed by atoms with van der Waals surface area (Å²) in [5.41, 5.74) is 18.3. The van der Waals surface area contributed by atoms with Crippen LogP contribution in [0.1, 0.15) is 25.7 Å². The lowest BCUT2D eigenvalue weighted by atomic mass is 9.92. The van der Waals surface area contributed by atoms with Gasteiger partial charge < -0.3 is 17.2 Å². The summed E-state index contributed by atoms with van der Waals surface area (Å²) < 4.78 is 0. The van der Waals surface area contributed by atoms with Crippen LogP contribution in [-0.4, -0.2) is 5.71 Å². The number of nitrogens with zero attached hydrogens (tertiary/aromatic N) is 1. The first-order valence-corrected chi connectivity index (χ1v) is 4.37. The van der Waals surface area contributed by atoms with Gasteiger partial charge >= 0.3 is 0 Å². The zero-order chi connectivity index (χ0) is 9.84. The molecule has 0 aliphatic heterocycles. The molecule has 0 unspecified atom stereocenters. The van der Waals surface area contributed by atoms with Gasteiger partial charge in [0.1, 0.15) is 5.82 Å². The molecule has 6 N–H and O–H groups in total. The molecule has 0 atom stereocenters. The molecule has 1 fully saturated rings. The summed E-state index contributed by atoms with van der Waals surface area (Å²) in [5, 5.41) is 0. The van der Waals surface area contributed by atoms with Gasteiger partial charge in [0.05, 0.1) is 5.82 Å². The molecule has 4 nitrogen and oxygen atoms in total. The van der Waals surface area contributed by atoms with E-state index in [1.54, 1.807) is 0 Å². The molecule has 1 saturated carbocycles. The van der Waals surface area contributed by atoms with Gasteiger partial charge in [-0.15, -0.1) is 0 Å². The molecular formula is C9H16N4. The second kappa shape index (κ2) is 3.98. The SMILES string of the molecule is C=C(N)/N=C1/CCCCC1=C(N)N. The lowest BCUT2D eigenvalue weighted by molar-refractivity contribution is 0.725. The Morgan fingerprint density at radius 1 is 1.15 bits per heavy atom. The van der Waals surface area contributed by atoms with Crippen LogP contribution >= 0.6 is 0 Å². The van der Waals surface area contributed by atoms with E-state index in [0.29, 0.717) is 11.6 Å². The quantitative estimate of drug-likeness (QED) is 0.550. The second-order valence-corrected chi connectivity index (χ2v) is 3.19. The van der Waals surface area contributed by atoms with Crippen LogP contribution in [0.15, 0.2) is 28.8 Å². The van der Waals surface area contributed by atoms with E-state index in [0.717, 1.165) is 37.0 Å². The molecule has 0 saturated heterocycles. The van der Waals surface area contributed by atoms with Crippen LogP contribution in [0, 0.1) is 0 Å². The second-order valence-electron chi connectivity index (χ2n) is 3.19. The number of nitrogens with two attached hydrogens (primary N) is 3. The molecular weight excluding hydrogens is 164 g/mol. The molecule has 1 aliphatic rings. The highest BCUT2D eigenvalue weighted by atomic mass is 14.9. The van der Waals surface area contributed by atoms with Crippen molar-refractivity contribution in [2.45, 2.75) is 25.7 Å². The fourth-order valence-corrected chi connectivity index (χ4v) is 1.50. The zero-order valence-corrected chi connectivity index (χ0v) is 7.71. The van der Waals surface area contributed by atoms with Gasteiger partial charge in [0, 0.05) is 11.3 Å². The third-order valence-corrected chi connectivity index (χ3v) is 2.07. The van der Waals surface area contributed by atoms with E-state index >= 15 is 0 Å². The van der Waals surface area contributed by atoms with Crippen molar-refractivity contribution >= 4 is 5.71 Å². The molecule has 13 heavy (non-hydrogen) atoms. The van der Waals surface area contributed by atoms with Gasteiger partial charge in [-0.1, -0.05) is 6.58 Å². The molecule has 0 aromatic rings. The monoisotopic (exact) mass is 180 g/mol. The minimum atomic E-state index is 0.315. The molecule has 1 rings (SSSR count). The van der Waals surface area contributed by atoms with E-state index in [1.807, 2.05) is 0 Å². The Bertz CT molecular complexity index is 271. The van der Waals surface area contributed by atoms with Crippen LogP contribution in [0.3, 0.4) is 0 Å². The van der Waals surface area contributed by atoms with Crippen LogP contribution in [0.4, 0.5) is 0 Å². The highest BCUT2D eigenvalue weighted by molar-refractivity contribution is 6.01. The highest BCUT2D eigenvalue weighted by Crippen LogP contribution is 2.21. The minimum Gasteiger partial charge on any atom is -0.385 e. The summed E-state index contributed by atoms with van der Waals surface area (Å²) in [6, 6.07) is 0. The lowest BCUT2D eigenvalue weighted by Crippen LogP contribution is -2.20. The number of allylic oxidation sites excluding steroid dienone is 1. The number of rotatable bonds is 1. The van der Waals surface area contributed by atoms with Gasteiger partial charge in [-0.25, -0.2) is 4.99 Å². The van der Waals surface area contributed by atoms with Crippen molar-refractivity contribution < 1.29 is 0 Å². The maximum atomic E-state index is 5.54. The first-order valence-electron chi connectivity index (χ1n) is 4.37. The first-order chi connectivity index (χ1) is 6.11. The van der Waals surface area contributed by atoms with Gasteiger partial charge in [0.15, 0.2) is 0 Å². The fraction of sp³-hybridized carbons (Fsp3) is 0.444. The predicted molar refractivity (Wildman–Crippen MR) is 54.6 cm³/mol. The van der Waals surface area contributed by atoms with Crippen molar-refractivity contribution in [3.63, 3.8) is 0 Å². The molecule has 0 amide bonds. The average Bonchev–Trinajstić information content (AvgIpc) is 2.03. The van der Waals surface area contributed by atoms with Crippen LogP contribution in [0.25, 0.3) is 0 Å². The molecule has 0 radical (unpaired) electrons. The van der Waals surface area contributed by atoms with E-state index < -0.39 is 0 Å². The van der Waals surface area contributed by atoms with Gasteiger partial charge in [0.2, 0.25) is 0 Å². The van der Waals surface area contributed by atoms with Crippen molar-refractivity contribution in [2.75, 3.05) is 0 Å². The first kappa shape index (κ1) is 9.64. The van der Waals surface area contributed by atoms with E-state index in [2.05, 4.69) is 11.6 Å². The summed E-state index contributed by atoms with van der Waals surface area (Å²) >= 11 is 0.